The predicted molar refractivity (Wildman–Crippen MR) is 153 cm³/mol. The number of Topliss-reactive ketones (excluding diaryl/α,β-unsaturated/α-hetero) is 2. The smallest absolute Gasteiger partial charge is 0.255 e. The number of aliphatic hydroxyl groups excluding tert-OH is 2. The van der Waals surface area contributed by atoms with Crippen LogP contribution in [-0.2, 0) is 32.1 Å². The van der Waals surface area contributed by atoms with Crippen LogP contribution in [0.25, 0.3) is 5.76 Å². The number of ether oxygens (including phenoxy) is 2. The number of hydrogen-bond acceptors (Lipinski definition) is 11. The first-order valence-corrected chi connectivity index (χ1v) is 14.1. The van der Waals surface area contributed by atoms with E-state index in [9.17, 15) is 34.8 Å². The maximum absolute atomic E-state index is 14.0. The van der Waals surface area contributed by atoms with E-state index in [1.54, 1.807) is 14.1 Å². The van der Waals surface area contributed by atoms with Gasteiger partial charge in [0.25, 0.3) is 5.91 Å². The van der Waals surface area contributed by atoms with Crippen LogP contribution in [0.3, 0.4) is 0 Å². The molecule has 0 radical (unpaired) electrons. The van der Waals surface area contributed by atoms with Gasteiger partial charge in [0, 0.05) is 35.7 Å². The molecular formula is C30H41N3O9. The first-order valence-electron chi connectivity index (χ1n) is 14.1. The summed E-state index contributed by atoms with van der Waals surface area (Å²) in [6, 6.07) is 0.338. The van der Waals surface area contributed by atoms with Crippen LogP contribution < -0.4 is 10.5 Å². The highest BCUT2D eigenvalue weighted by Crippen LogP contribution is 2.54. The van der Waals surface area contributed by atoms with E-state index in [2.05, 4.69) is 4.90 Å². The van der Waals surface area contributed by atoms with Crippen LogP contribution in [-0.4, -0.2) is 106 Å². The molecule has 0 aromatic heterocycles. The molecule has 0 spiro atoms. The van der Waals surface area contributed by atoms with Gasteiger partial charge in [-0.2, -0.15) is 0 Å². The lowest BCUT2D eigenvalue weighted by Crippen LogP contribution is -2.65. The van der Waals surface area contributed by atoms with Gasteiger partial charge in [-0.3, -0.25) is 24.2 Å². The van der Waals surface area contributed by atoms with Crippen molar-refractivity contribution in [3.05, 3.63) is 39.7 Å². The molecule has 230 valence electrons. The number of carbonyl (C=O) groups excluding carboxylic acids is 3. The highest BCUT2D eigenvalue weighted by molar-refractivity contribution is 6.24. The van der Waals surface area contributed by atoms with Crippen molar-refractivity contribution in [3.8, 4) is 11.5 Å². The molecule has 3 aliphatic rings. The fourth-order valence-electron chi connectivity index (χ4n) is 6.74. The Morgan fingerprint density at radius 2 is 1.88 bits per heavy atom. The van der Waals surface area contributed by atoms with Crippen molar-refractivity contribution in [3.63, 3.8) is 0 Å². The molecule has 0 saturated heterocycles. The van der Waals surface area contributed by atoms with Gasteiger partial charge in [0.15, 0.2) is 11.4 Å². The number of likely N-dealkylation sites (N-methyl/N-ethyl adjacent to an activating group) is 2. The molecule has 0 heterocycles. The van der Waals surface area contributed by atoms with Crippen LogP contribution in [0.5, 0.6) is 11.5 Å². The molecule has 0 bridgehead atoms. The average molecular weight is 588 g/mol. The third-order valence-corrected chi connectivity index (χ3v) is 8.65. The molecule has 6 N–H and O–H groups in total. The Kier molecular flexibility index (Phi) is 8.75. The number of nitrogens with zero attached hydrogens (tertiary/aromatic N) is 2. The minimum atomic E-state index is -2.68. The molecule has 42 heavy (non-hydrogen) atoms. The Hall–Kier alpha value is -3.45. The summed E-state index contributed by atoms with van der Waals surface area (Å²) in [6.07, 6.45) is 0.257. The van der Waals surface area contributed by atoms with Crippen molar-refractivity contribution in [1.82, 2.24) is 9.80 Å². The third-order valence-electron chi connectivity index (χ3n) is 8.65. The van der Waals surface area contributed by atoms with Crippen molar-refractivity contribution < 1.29 is 44.3 Å². The summed E-state index contributed by atoms with van der Waals surface area (Å²) < 4.78 is 11.5. The minimum absolute atomic E-state index is 0.00178. The van der Waals surface area contributed by atoms with E-state index < -0.39 is 58.0 Å². The van der Waals surface area contributed by atoms with Crippen molar-refractivity contribution in [1.29, 1.82) is 0 Å². The van der Waals surface area contributed by atoms with E-state index in [1.807, 2.05) is 20.8 Å². The largest absolute Gasteiger partial charge is 0.508 e. The molecular weight excluding hydrogens is 546 g/mol. The van der Waals surface area contributed by atoms with Gasteiger partial charge in [-0.15, -0.1) is 0 Å². The van der Waals surface area contributed by atoms with Gasteiger partial charge in [-0.05, 0) is 59.3 Å². The normalized spacial score (nSPS) is 25.7. The number of phenols is 1. The average Bonchev–Trinajstić information content (AvgIpc) is 2.89. The maximum atomic E-state index is 14.0. The van der Waals surface area contributed by atoms with Crippen molar-refractivity contribution in [2.24, 2.45) is 17.6 Å². The van der Waals surface area contributed by atoms with Gasteiger partial charge in [-0.1, -0.05) is 6.92 Å². The third kappa shape index (κ3) is 4.96. The van der Waals surface area contributed by atoms with Crippen LogP contribution >= 0.6 is 0 Å². The summed E-state index contributed by atoms with van der Waals surface area (Å²) in [5.41, 5.74) is 2.82. The summed E-state index contributed by atoms with van der Waals surface area (Å²) >= 11 is 0. The first kappa shape index (κ1) is 31.5. The number of aliphatic hydroxyl groups is 3. The maximum Gasteiger partial charge on any atom is 0.255 e. The van der Waals surface area contributed by atoms with E-state index in [-0.39, 0.29) is 35.8 Å². The number of amides is 1. The molecule has 4 rings (SSSR count). The molecule has 1 aromatic rings. The van der Waals surface area contributed by atoms with E-state index in [0.29, 0.717) is 43.1 Å². The monoisotopic (exact) mass is 587 g/mol. The standard InChI is InChI=1S/C30H41N3O9/c1-7-33(8-9-42-14(2)3)13-16-12-19(34)21-17(26(16)41-6)10-15-11-18-23(32(4)5)25(36)22(29(31)39)28(38)30(18,40)27(37)20(15)24(21)35/h12,14-15,18,23,34-35,38,40H,7-11,13H2,1-6H3,(H2,31,39)/t15-,18-,23-,30-/m0/s1. The van der Waals surface area contributed by atoms with Gasteiger partial charge >= 0.3 is 0 Å². The molecule has 3 aliphatic carbocycles. The first-order chi connectivity index (χ1) is 19.7. The fraction of sp³-hybridized carbons (Fsp3) is 0.567. The van der Waals surface area contributed by atoms with Crippen LogP contribution in [0.2, 0.25) is 0 Å². The van der Waals surface area contributed by atoms with E-state index in [4.69, 9.17) is 15.2 Å². The fourth-order valence-corrected chi connectivity index (χ4v) is 6.74. The highest BCUT2D eigenvalue weighted by Gasteiger charge is 2.64. The van der Waals surface area contributed by atoms with Gasteiger partial charge in [0.2, 0.25) is 5.78 Å². The lowest BCUT2D eigenvalue weighted by molar-refractivity contribution is -0.153. The molecule has 4 atom stereocenters. The molecule has 1 aromatic carbocycles. The molecule has 12 nitrogen and oxygen atoms in total. The number of fused-ring (bicyclic) bond motifs is 3. The highest BCUT2D eigenvalue weighted by atomic mass is 16.5. The van der Waals surface area contributed by atoms with Crippen molar-refractivity contribution in [2.75, 3.05) is 40.9 Å². The number of nitrogens with two attached hydrogens (primary N) is 1. The zero-order chi connectivity index (χ0) is 31.3. The number of carbonyl (C=O) groups is 3. The number of primary amides is 1. The van der Waals surface area contributed by atoms with Gasteiger partial charge < -0.3 is 35.6 Å². The number of rotatable bonds is 10. The number of hydrogen-bond donors (Lipinski definition) is 5. The minimum Gasteiger partial charge on any atom is -0.508 e. The number of benzene rings is 1. The quantitative estimate of drug-likeness (QED) is 0.248. The zero-order valence-electron chi connectivity index (χ0n) is 24.9. The summed E-state index contributed by atoms with van der Waals surface area (Å²) in [5.74, 6) is -6.43. The lowest BCUT2D eigenvalue weighted by Gasteiger charge is -2.50. The number of ketones is 2. The van der Waals surface area contributed by atoms with Crippen LogP contribution in [0, 0.1) is 11.8 Å². The second-order valence-electron chi connectivity index (χ2n) is 11.7. The van der Waals surface area contributed by atoms with E-state index in [0.717, 1.165) is 0 Å². The Bertz CT molecular complexity index is 1370. The Balaban J connectivity index is 1.83. The van der Waals surface area contributed by atoms with Crippen molar-refractivity contribution in [2.45, 2.75) is 57.9 Å². The summed E-state index contributed by atoms with van der Waals surface area (Å²) in [4.78, 5) is 43.0. The Morgan fingerprint density at radius 3 is 2.43 bits per heavy atom. The number of methoxy groups -OCH3 is 1. The predicted octanol–water partition coefficient (Wildman–Crippen LogP) is 1.22. The summed E-state index contributed by atoms with van der Waals surface area (Å²) in [6.45, 7) is 8.24. The molecule has 1 fully saturated rings. The molecule has 0 aliphatic heterocycles. The van der Waals surface area contributed by atoms with E-state index in [1.165, 1.54) is 18.1 Å². The molecule has 0 unspecified atom stereocenters. The molecule has 1 amide bonds. The van der Waals surface area contributed by atoms with E-state index >= 15 is 0 Å². The van der Waals surface area contributed by atoms with Gasteiger partial charge in [-0.25, -0.2) is 0 Å². The summed E-state index contributed by atoms with van der Waals surface area (Å²) in [5, 5.41) is 45.3. The van der Waals surface area contributed by atoms with Crippen LogP contribution in [0.4, 0.5) is 0 Å². The molecule has 1 saturated carbocycles. The van der Waals surface area contributed by atoms with Crippen LogP contribution in [0.1, 0.15) is 43.9 Å². The van der Waals surface area contributed by atoms with Gasteiger partial charge in [0.1, 0.15) is 28.6 Å². The Labute approximate surface area is 245 Å². The van der Waals surface area contributed by atoms with Crippen LogP contribution in [0.15, 0.2) is 23.0 Å². The number of phenolic OH excluding ortho intramolecular Hbond substituents is 1. The molecule has 12 heteroatoms. The SMILES string of the molecule is CCN(CCOC(C)C)Cc1cc(O)c2c(c1OC)C[C@H]1C[C@H]3[C@H](N(C)C)C(=O)C(C(N)=O)=C(O)[C@@]3(O)C(=O)C1=C2O. The second-order valence-corrected chi connectivity index (χ2v) is 11.7. The van der Waals surface area contributed by atoms with Crippen molar-refractivity contribution >= 4 is 23.2 Å². The number of aromatic hydroxyl groups is 1. The lowest BCUT2D eigenvalue weighted by atomic mass is 9.57. The zero-order valence-corrected chi connectivity index (χ0v) is 24.9. The topological polar surface area (TPSA) is 183 Å². The Morgan fingerprint density at radius 1 is 1.21 bits per heavy atom. The summed E-state index contributed by atoms with van der Waals surface area (Å²) in [7, 11) is 4.62. The second kappa shape index (κ2) is 11.7. The van der Waals surface area contributed by atoms with Gasteiger partial charge in [0.05, 0.1) is 31.4 Å².